The van der Waals surface area contributed by atoms with Gasteiger partial charge in [-0.15, -0.1) is 0 Å². The summed E-state index contributed by atoms with van der Waals surface area (Å²) in [6.45, 7) is 0. The van der Waals surface area contributed by atoms with Crippen molar-refractivity contribution in [3.63, 3.8) is 0 Å². The van der Waals surface area contributed by atoms with E-state index in [-0.39, 0.29) is 18.6 Å². The molecule has 0 aliphatic heterocycles. The van der Waals surface area contributed by atoms with Crippen molar-refractivity contribution in [1.29, 1.82) is 5.26 Å². The van der Waals surface area contributed by atoms with Gasteiger partial charge in [0.05, 0.1) is 12.5 Å². The summed E-state index contributed by atoms with van der Waals surface area (Å²) in [6, 6.07) is 8.35. The Balaban J connectivity index is 2.99. The fourth-order valence-corrected chi connectivity index (χ4v) is 1.22. The topological polar surface area (TPSA) is 78.2 Å². The molecular formula is C13H9NO3. The third kappa shape index (κ3) is 3.81. The molecule has 0 aromatic heterocycles. The minimum atomic E-state index is -1.02. The maximum atomic E-state index is 11.6. The second-order valence-electron chi connectivity index (χ2n) is 3.18. The number of aliphatic carboxylic acids is 1. The Labute approximate surface area is 98.5 Å². The molecule has 1 aromatic rings. The Hall–Kier alpha value is -2.59. The molecule has 0 spiro atoms. The second-order valence-corrected chi connectivity index (χ2v) is 3.18. The smallest absolute Gasteiger partial charge is 0.315 e. The van der Waals surface area contributed by atoms with Crippen LogP contribution in [0.25, 0.3) is 0 Å². The SMILES string of the molecule is N#CCC(=O)c1ccccc1C#CCC(=O)O. The molecule has 0 aliphatic rings. The van der Waals surface area contributed by atoms with Crippen LogP contribution in [0, 0.1) is 23.2 Å². The van der Waals surface area contributed by atoms with Crippen LogP contribution < -0.4 is 0 Å². The van der Waals surface area contributed by atoms with Gasteiger partial charge in [0.15, 0.2) is 5.78 Å². The highest BCUT2D eigenvalue weighted by Crippen LogP contribution is 2.09. The van der Waals surface area contributed by atoms with Gasteiger partial charge in [-0.05, 0) is 6.07 Å². The van der Waals surface area contributed by atoms with Crippen molar-refractivity contribution in [2.24, 2.45) is 0 Å². The zero-order chi connectivity index (χ0) is 12.7. The average molecular weight is 227 g/mol. The average Bonchev–Trinajstić information content (AvgIpc) is 2.29. The molecule has 0 radical (unpaired) electrons. The van der Waals surface area contributed by atoms with Crippen LogP contribution in [0.2, 0.25) is 0 Å². The predicted octanol–water partition coefficient (Wildman–Crippen LogP) is 1.61. The van der Waals surface area contributed by atoms with E-state index in [0.717, 1.165) is 0 Å². The fraction of sp³-hybridized carbons (Fsp3) is 0.154. The van der Waals surface area contributed by atoms with Crippen LogP contribution in [0.1, 0.15) is 28.8 Å². The zero-order valence-electron chi connectivity index (χ0n) is 8.93. The number of Topliss-reactive ketones (excluding diaryl/α,β-unsaturated/α-hetero) is 1. The number of nitriles is 1. The van der Waals surface area contributed by atoms with Crippen LogP contribution >= 0.6 is 0 Å². The molecule has 1 N–H and O–H groups in total. The molecular weight excluding hydrogens is 218 g/mol. The van der Waals surface area contributed by atoms with Gasteiger partial charge in [0.25, 0.3) is 0 Å². The first-order chi connectivity index (χ1) is 8.15. The van der Waals surface area contributed by atoms with Crippen LogP contribution in [-0.4, -0.2) is 16.9 Å². The summed E-state index contributed by atoms with van der Waals surface area (Å²) in [4.78, 5) is 21.9. The van der Waals surface area contributed by atoms with E-state index in [1.54, 1.807) is 30.3 Å². The Morgan fingerprint density at radius 2 is 1.94 bits per heavy atom. The number of benzene rings is 1. The number of hydrogen-bond donors (Lipinski definition) is 1. The van der Waals surface area contributed by atoms with Crippen LogP contribution in [0.15, 0.2) is 24.3 Å². The van der Waals surface area contributed by atoms with Crippen molar-refractivity contribution >= 4 is 11.8 Å². The summed E-state index contributed by atoms with van der Waals surface area (Å²) in [5, 5.41) is 16.9. The Morgan fingerprint density at radius 1 is 1.24 bits per heavy atom. The molecule has 1 rings (SSSR count). The van der Waals surface area contributed by atoms with Gasteiger partial charge in [-0.2, -0.15) is 5.26 Å². The van der Waals surface area contributed by atoms with Crippen molar-refractivity contribution in [1.82, 2.24) is 0 Å². The number of rotatable bonds is 3. The third-order valence-electron chi connectivity index (χ3n) is 1.93. The Bertz CT molecular complexity index is 544. The van der Waals surface area contributed by atoms with Gasteiger partial charge in [-0.1, -0.05) is 30.0 Å². The molecule has 0 amide bonds. The van der Waals surface area contributed by atoms with Gasteiger partial charge >= 0.3 is 5.97 Å². The monoisotopic (exact) mass is 227 g/mol. The molecule has 0 heterocycles. The van der Waals surface area contributed by atoms with E-state index in [4.69, 9.17) is 10.4 Å². The van der Waals surface area contributed by atoms with Crippen LogP contribution in [0.5, 0.6) is 0 Å². The predicted molar refractivity (Wildman–Crippen MR) is 60.1 cm³/mol. The van der Waals surface area contributed by atoms with Crippen molar-refractivity contribution in [3.05, 3.63) is 35.4 Å². The summed E-state index contributed by atoms with van der Waals surface area (Å²) in [5.74, 6) is 3.75. The third-order valence-corrected chi connectivity index (χ3v) is 1.93. The summed E-state index contributed by atoms with van der Waals surface area (Å²) >= 11 is 0. The lowest BCUT2D eigenvalue weighted by Gasteiger charge is -1.99. The van der Waals surface area contributed by atoms with Gasteiger partial charge in [0.2, 0.25) is 0 Å². The molecule has 0 fully saturated rings. The second kappa shape index (κ2) is 6.09. The summed E-state index contributed by atoms with van der Waals surface area (Å²) < 4.78 is 0. The van der Waals surface area contributed by atoms with Gasteiger partial charge < -0.3 is 5.11 Å². The molecule has 1 aromatic carbocycles. The number of carboxylic acid groups (broad SMARTS) is 1. The van der Waals surface area contributed by atoms with E-state index < -0.39 is 5.97 Å². The zero-order valence-corrected chi connectivity index (χ0v) is 8.93. The summed E-state index contributed by atoms with van der Waals surface area (Å²) in [5.41, 5.74) is 0.806. The first-order valence-electron chi connectivity index (χ1n) is 4.85. The molecule has 4 heteroatoms. The number of ketones is 1. The molecule has 0 saturated heterocycles. The van der Waals surface area contributed by atoms with Crippen molar-refractivity contribution in [2.45, 2.75) is 12.8 Å². The van der Waals surface area contributed by atoms with E-state index in [1.165, 1.54) is 0 Å². The standard InChI is InChI=1S/C13H9NO3/c14-9-8-12(15)11-6-2-1-4-10(11)5-3-7-13(16)17/h1-2,4,6H,7-8H2,(H,16,17). The first-order valence-corrected chi connectivity index (χ1v) is 4.85. The lowest BCUT2D eigenvalue weighted by atomic mass is 10.0. The Morgan fingerprint density at radius 3 is 2.59 bits per heavy atom. The van der Waals surface area contributed by atoms with Crippen molar-refractivity contribution < 1.29 is 14.7 Å². The minimum Gasteiger partial charge on any atom is -0.481 e. The molecule has 84 valence electrons. The number of carboxylic acids is 1. The molecule has 17 heavy (non-hydrogen) atoms. The largest absolute Gasteiger partial charge is 0.481 e. The van der Waals surface area contributed by atoms with Crippen molar-refractivity contribution in [2.75, 3.05) is 0 Å². The van der Waals surface area contributed by atoms with Gasteiger partial charge in [0.1, 0.15) is 6.42 Å². The van der Waals surface area contributed by atoms with E-state index in [0.29, 0.717) is 11.1 Å². The number of carbonyl (C=O) groups is 2. The highest BCUT2D eigenvalue weighted by molar-refractivity contribution is 5.99. The molecule has 0 atom stereocenters. The maximum Gasteiger partial charge on any atom is 0.315 e. The lowest BCUT2D eigenvalue weighted by molar-refractivity contribution is -0.135. The van der Waals surface area contributed by atoms with Gasteiger partial charge in [-0.3, -0.25) is 9.59 Å². The highest BCUT2D eigenvalue weighted by atomic mass is 16.4. The summed E-state index contributed by atoms with van der Waals surface area (Å²) in [7, 11) is 0. The van der Waals surface area contributed by atoms with E-state index in [2.05, 4.69) is 11.8 Å². The van der Waals surface area contributed by atoms with Gasteiger partial charge in [0, 0.05) is 11.1 Å². The maximum absolute atomic E-state index is 11.6. The lowest BCUT2D eigenvalue weighted by Crippen LogP contribution is -2.00. The minimum absolute atomic E-state index is 0.211. The van der Waals surface area contributed by atoms with Gasteiger partial charge in [-0.25, -0.2) is 0 Å². The van der Waals surface area contributed by atoms with E-state index >= 15 is 0 Å². The number of carbonyl (C=O) groups excluding carboxylic acids is 1. The van der Waals surface area contributed by atoms with Crippen molar-refractivity contribution in [3.8, 4) is 17.9 Å². The van der Waals surface area contributed by atoms with Crippen LogP contribution in [0.3, 0.4) is 0 Å². The highest BCUT2D eigenvalue weighted by Gasteiger charge is 2.08. The number of hydrogen-bond acceptors (Lipinski definition) is 3. The molecule has 0 bridgehead atoms. The molecule has 0 aliphatic carbocycles. The summed E-state index contributed by atoms with van der Waals surface area (Å²) in [6.07, 6.45) is -0.488. The number of nitrogens with zero attached hydrogens (tertiary/aromatic N) is 1. The van der Waals surface area contributed by atoms with Crippen LogP contribution in [-0.2, 0) is 4.79 Å². The normalized spacial score (nSPS) is 8.65. The Kier molecular flexibility index (Phi) is 4.47. The first kappa shape index (κ1) is 12.5. The molecule has 0 unspecified atom stereocenters. The van der Waals surface area contributed by atoms with E-state index in [1.807, 2.05) is 0 Å². The van der Waals surface area contributed by atoms with E-state index in [9.17, 15) is 9.59 Å². The van der Waals surface area contributed by atoms with Crippen LogP contribution in [0.4, 0.5) is 0 Å². The molecule has 0 saturated carbocycles. The quantitative estimate of drug-likeness (QED) is 0.628. The fourth-order valence-electron chi connectivity index (χ4n) is 1.22. The molecule has 4 nitrogen and oxygen atoms in total.